The van der Waals surface area contributed by atoms with Gasteiger partial charge >= 0.3 is 0 Å². The summed E-state index contributed by atoms with van der Waals surface area (Å²) < 4.78 is 0. The van der Waals surface area contributed by atoms with Crippen LogP contribution in [0.4, 0.5) is 0 Å². The van der Waals surface area contributed by atoms with Gasteiger partial charge in [0, 0.05) is 11.6 Å². The zero-order valence-corrected chi connectivity index (χ0v) is 12.6. The van der Waals surface area contributed by atoms with Crippen molar-refractivity contribution >= 4 is 22.5 Å². The van der Waals surface area contributed by atoms with E-state index in [1.165, 1.54) is 0 Å². The van der Waals surface area contributed by atoms with Gasteiger partial charge in [0.15, 0.2) is 0 Å². The lowest BCUT2D eigenvalue weighted by atomic mass is 10.1. The number of pyridine rings is 2. The maximum Gasteiger partial charge on any atom is 0.0923 e. The molecule has 3 heteroatoms. The zero-order valence-electron chi connectivity index (χ0n) is 11.9. The van der Waals surface area contributed by atoms with Crippen LogP contribution in [0.3, 0.4) is 0 Å². The molecule has 0 atom stereocenters. The van der Waals surface area contributed by atoms with Gasteiger partial charge in [-0.25, -0.2) is 4.98 Å². The summed E-state index contributed by atoms with van der Waals surface area (Å²) in [7, 11) is 0. The Morgan fingerprint density at radius 3 is 2.50 bits per heavy atom. The third-order valence-corrected chi connectivity index (χ3v) is 3.20. The van der Waals surface area contributed by atoms with Crippen molar-refractivity contribution in [3.8, 4) is 11.4 Å². The predicted molar refractivity (Wildman–Crippen MR) is 86.1 cm³/mol. The smallest absolute Gasteiger partial charge is 0.0923 e. The van der Waals surface area contributed by atoms with Gasteiger partial charge in [-0.3, -0.25) is 4.98 Å². The first kappa shape index (κ1) is 14.5. The number of halogens is 1. The predicted octanol–water partition coefficient (Wildman–Crippen LogP) is 5.28. The summed E-state index contributed by atoms with van der Waals surface area (Å²) in [5.74, 6) is 0. The molecular formula is C17H17ClN2. The van der Waals surface area contributed by atoms with E-state index in [-0.39, 0.29) is 0 Å². The van der Waals surface area contributed by atoms with Crippen molar-refractivity contribution in [2.45, 2.75) is 20.8 Å². The molecule has 0 N–H and O–H groups in total. The average molecular weight is 285 g/mol. The van der Waals surface area contributed by atoms with Crippen LogP contribution in [0.2, 0.25) is 5.02 Å². The van der Waals surface area contributed by atoms with Crippen LogP contribution in [-0.4, -0.2) is 9.97 Å². The van der Waals surface area contributed by atoms with Crippen LogP contribution in [0.25, 0.3) is 22.3 Å². The fraction of sp³-hybridized carbons (Fsp3) is 0.176. The van der Waals surface area contributed by atoms with Crippen molar-refractivity contribution in [1.29, 1.82) is 0 Å². The summed E-state index contributed by atoms with van der Waals surface area (Å²) in [5.41, 5.74) is 3.68. The minimum absolute atomic E-state index is 0.671. The number of benzene rings is 1. The molecule has 2 aromatic heterocycles. The van der Waals surface area contributed by atoms with Crippen LogP contribution in [0.5, 0.6) is 0 Å². The molecule has 0 aliphatic heterocycles. The molecule has 0 bridgehead atoms. The molecule has 0 fully saturated rings. The summed E-state index contributed by atoms with van der Waals surface area (Å²) in [5, 5.41) is 1.73. The Morgan fingerprint density at radius 2 is 1.80 bits per heavy atom. The quantitative estimate of drug-likeness (QED) is 0.607. The fourth-order valence-electron chi connectivity index (χ4n) is 2.03. The molecule has 3 aromatic rings. The number of fused-ring (bicyclic) bond motifs is 1. The van der Waals surface area contributed by atoms with Gasteiger partial charge in [-0.1, -0.05) is 43.6 Å². The van der Waals surface area contributed by atoms with Crippen molar-refractivity contribution in [2.24, 2.45) is 0 Å². The third kappa shape index (κ3) is 2.81. The van der Waals surface area contributed by atoms with Crippen molar-refractivity contribution in [3.63, 3.8) is 0 Å². The molecule has 0 aliphatic rings. The molecule has 1 aromatic carbocycles. The summed E-state index contributed by atoms with van der Waals surface area (Å²) in [6.07, 6.45) is 1.77. The van der Waals surface area contributed by atoms with Gasteiger partial charge in [0.1, 0.15) is 0 Å². The van der Waals surface area contributed by atoms with E-state index in [0.29, 0.717) is 5.02 Å². The highest BCUT2D eigenvalue weighted by atomic mass is 35.5. The van der Waals surface area contributed by atoms with E-state index in [0.717, 1.165) is 27.9 Å². The van der Waals surface area contributed by atoms with Crippen LogP contribution >= 0.6 is 11.6 Å². The van der Waals surface area contributed by atoms with Crippen molar-refractivity contribution in [3.05, 3.63) is 59.2 Å². The molecule has 20 heavy (non-hydrogen) atoms. The van der Waals surface area contributed by atoms with Crippen molar-refractivity contribution in [2.75, 3.05) is 0 Å². The summed E-state index contributed by atoms with van der Waals surface area (Å²) in [4.78, 5) is 8.99. The highest BCUT2D eigenvalue weighted by Gasteiger charge is 2.08. The van der Waals surface area contributed by atoms with Gasteiger partial charge in [0.25, 0.3) is 0 Å². The Kier molecular flexibility index (Phi) is 4.70. The second-order valence-corrected chi connectivity index (χ2v) is 4.59. The Balaban J connectivity index is 0.000000704. The first-order chi connectivity index (χ1) is 9.75. The Morgan fingerprint density at radius 1 is 1.00 bits per heavy atom. The van der Waals surface area contributed by atoms with E-state index in [2.05, 4.69) is 16.0 Å². The number of hydrogen-bond donors (Lipinski definition) is 0. The molecule has 0 unspecified atom stereocenters. The van der Waals surface area contributed by atoms with E-state index >= 15 is 0 Å². The second-order valence-electron chi connectivity index (χ2n) is 4.18. The topological polar surface area (TPSA) is 25.8 Å². The third-order valence-electron chi connectivity index (χ3n) is 2.89. The SMILES string of the molecule is CC.Cc1cc2cccc(Cl)c2nc1-c1ccccn1. The monoisotopic (exact) mass is 284 g/mol. The Hall–Kier alpha value is -1.93. The molecular weight excluding hydrogens is 268 g/mol. The number of nitrogens with zero attached hydrogens (tertiary/aromatic N) is 2. The largest absolute Gasteiger partial charge is 0.255 e. The number of aryl methyl sites for hydroxylation is 1. The van der Waals surface area contributed by atoms with E-state index in [1.54, 1.807) is 6.20 Å². The molecule has 3 rings (SSSR count). The van der Waals surface area contributed by atoms with Crippen LogP contribution in [0, 0.1) is 6.92 Å². The van der Waals surface area contributed by atoms with Gasteiger partial charge in [-0.2, -0.15) is 0 Å². The van der Waals surface area contributed by atoms with Crippen LogP contribution in [-0.2, 0) is 0 Å². The number of hydrogen-bond acceptors (Lipinski definition) is 2. The summed E-state index contributed by atoms with van der Waals surface area (Å²) in [6, 6.07) is 13.7. The maximum absolute atomic E-state index is 6.19. The fourth-order valence-corrected chi connectivity index (χ4v) is 2.25. The number of para-hydroxylation sites is 1. The summed E-state index contributed by atoms with van der Waals surface area (Å²) in [6.45, 7) is 6.04. The van der Waals surface area contributed by atoms with Crippen LogP contribution in [0.1, 0.15) is 19.4 Å². The van der Waals surface area contributed by atoms with Gasteiger partial charge in [0.05, 0.1) is 21.9 Å². The first-order valence-electron chi connectivity index (χ1n) is 6.73. The molecule has 0 amide bonds. The van der Waals surface area contributed by atoms with E-state index in [9.17, 15) is 0 Å². The minimum Gasteiger partial charge on any atom is -0.255 e. The molecule has 0 spiro atoms. The number of aromatic nitrogens is 2. The van der Waals surface area contributed by atoms with E-state index in [4.69, 9.17) is 11.6 Å². The highest BCUT2D eigenvalue weighted by molar-refractivity contribution is 6.35. The molecule has 0 saturated heterocycles. The lowest BCUT2D eigenvalue weighted by Crippen LogP contribution is -1.92. The Bertz CT molecular complexity index is 709. The van der Waals surface area contributed by atoms with Gasteiger partial charge in [-0.15, -0.1) is 0 Å². The highest BCUT2D eigenvalue weighted by Crippen LogP contribution is 2.27. The minimum atomic E-state index is 0.671. The van der Waals surface area contributed by atoms with Crippen molar-refractivity contribution < 1.29 is 0 Å². The molecule has 0 saturated carbocycles. The van der Waals surface area contributed by atoms with E-state index < -0.39 is 0 Å². The maximum atomic E-state index is 6.19. The zero-order chi connectivity index (χ0) is 14.5. The molecule has 102 valence electrons. The number of rotatable bonds is 1. The van der Waals surface area contributed by atoms with Gasteiger partial charge in [-0.05, 0) is 36.8 Å². The lowest BCUT2D eigenvalue weighted by Gasteiger charge is -2.07. The van der Waals surface area contributed by atoms with Crippen LogP contribution < -0.4 is 0 Å². The molecule has 0 aliphatic carbocycles. The van der Waals surface area contributed by atoms with Gasteiger partial charge in [0.2, 0.25) is 0 Å². The molecule has 2 heterocycles. The standard InChI is InChI=1S/C15H11ClN2.C2H6/c1-10-9-11-5-4-6-12(16)15(11)18-14(10)13-7-2-3-8-17-13;1-2/h2-9H,1H3;1-2H3. The first-order valence-corrected chi connectivity index (χ1v) is 7.11. The van der Waals surface area contributed by atoms with E-state index in [1.807, 2.05) is 57.2 Å². The van der Waals surface area contributed by atoms with Crippen molar-refractivity contribution in [1.82, 2.24) is 9.97 Å². The lowest BCUT2D eigenvalue weighted by molar-refractivity contribution is 1.25. The Labute approximate surface area is 124 Å². The summed E-state index contributed by atoms with van der Waals surface area (Å²) >= 11 is 6.19. The van der Waals surface area contributed by atoms with Gasteiger partial charge < -0.3 is 0 Å². The molecule has 0 radical (unpaired) electrons. The van der Waals surface area contributed by atoms with Crippen LogP contribution in [0.15, 0.2) is 48.7 Å². The second kappa shape index (κ2) is 6.49. The molecule has 2 nitrogen and oxygen atoms in total. The normalized spacial score (nSPS) is 10.0. The average Bonchev–Trinajstić information content (AvgIpc) is 2.50.